The third kappa shape index (κ3) is 6.44. The lowest BCUT2D eigenvalue weighted by Crippen LogP contribution is -2.49. The summed E-state index contributed by atoms with van der Waals surface area (Å²) in [5.41, 5.74) is 2.17. The van der Waals surface area contributed by atoms with Gasteiger partial charge < -0.3 is 15.5 Å². The number of likely N-dealkylation sites (tertiary alicyclic amines) is 1. The Morgan fingerprint density at radius 1 is 1.21 bits per heavy atom. The molecule has 8 heteroatoms. The standard InChI is InChI=1S/C20H31N7.HI/c1-4-22-20(25-18-9-11-26(12-10-18)16(2)3)23-13-17-5-7-19(8-6-17)27-15-21-14-24-27;/h5-8,14-16,18H,4,9-13H2,1-3H3,(H2,22,23,25);1H. The lowest BCUT2D eigenvalue weighted by molar-refractivity contribution is 0.167. The van der Waals surface area contributed by atoms with E-state index in [0.29, 0.717) is 18.6 Å². The predicted octanol–water partition coefficient (Wildman–Crippen LogP) is 2.81. The van der Waals surface area contributed by atoms with Crippen molar-refractivity contribution in [3.05, 3.63) is 42.5 Å². The van der Waals surface area contributed by atoms with Crippen molar-refractivity contribution in [3.63, 3.8) is 0 Å². The van der Waals surface area contributed by atoms with Crippen LogP contribution < -0.4 is 10.6 Å². The van der Waals surface area contributed by atoms with Crippen LogP contribution >= 0.6 is 24.0 Å². The van der Waals surface area contributed by atoms with Crippen LogP contribution in [0.2, 0.25) is 0 Å². The molecule has 3 rings (SSSR count). The molecule has 1 aromatic carbocycles. The van der Waals surface area contributed by atoms with Gasteiger partial charge in [0.05, 0.1) is 12.2 Å². The number of nitrogens with zero attached hydrogens (tertiary/aromatic N) is 5. The van der Waals surface area contributed by atoms with Gasteiger partial charge in [0.2, 0.25) is 0 Å². The number of halogens is 1. The minimum Gasteiger partial charge on any atom is -0.357 e. The lowest BCUT2D eigenvalue weighted by Gasteiger charge is -2.35. The zero-order valence-electron chi connectivity index (χ0n) is 17.0. The molecule has 0 amide bonds. The number of nitrogens with one attached hydrogen (secondary N) is 2. The van der Waals surface area contributed by atoms with Crippen molar-refractivity contribution >= 4 is 29.9 Å². The van der Waals surface area contributed by atoms with Crippen LogP contribution in [0.1, 0.15) is 39.2 Å². The summed E-state index contributed by atoms with van der Waals surface area (Å²) in [5.74, 6) is 0.904. The van der Waals surface area contributed by atoms with Crippen LogP contribution in [0.15, 0.2) is 41.9 Å². The zero-order valence-corrected chi connectivity index (χ0v) is 19.3. The first-order chi connectivity index (χ1) is 13.2. The summed E-state index contributed by atoms with van der Waals surface area (Å²) < 4.78 is 1.75. The van der Waals surface area contributed by atoms with E-state index in [0.717, 1.165) is 44.1 Å². The molecule has 2 heterocycles. The van der Waals surface area contributed by atoms with E-state index in [4.69, 9.17) is 4.99 Å². The number of rotatable bonds is 6. The van der Waals surface area contributed by atoms with Gasteiger partial charge in [-0.05, 0) is 51.3 Å². The van der Waals surface area contributed by atoms with Crippen molar-refractivity contribution in [3.8, 4) is 5.69 Å². The van der Waals surface area contributed by atoms with Crippen LogP contribution in [0.4, 0.5) is 0 Å². The Kier molecular flexibility index (Phi) is 9.17. The molecule has 0 aliphatic carbocycles. The fraction of sp³-hybridized carbons (Fsp3) is 0.550. The van der Waals surface area contributed by atoms with Gasteiger partial charge in [-0.15, -0.1) is 24.0 Å². The molecule has 0 unspecified atom stereocenters. The Hall–Kier alpha value is -1.68. The van der Waals surface area contributed by atoms with Gasteiger partial charge in [0.1, 0.15) is 12.7 Å². The monoisotopic (exact) mass is 497 g/mol. The van der Waals surface area contributed by atoms with Crippen LogP contribution in [0.5, 0.6) is 0 Å². The van der Waals surface area contributed by atoms with Crippen LogP contribution in [0.25, 0.3) is 5.69 Å². The number of hydrogen-bond donors (Lipinski definition) is 2. The summed E-state index contributed by atoms with van der Waals surface area (Å²) in [6, 6.07) is 9.39. The Balaban J connectivity index is 0.00000280. The summed E-state index contributed by atoms with van der Waals surface area (Å²) in [6.45, 7) is 10.5. The van der Waals surface area contributed by atoms with Gasteiger partial charge in [-0.25, -0.2) is 14.7 Å². The number of benzene rings is 1. The first-order valence-corrected chi connectivity index (χ1v) is 9.88. The summed E-state index contributed by atoms with van der Waals surface area (Å²) in [7, 11) is 0. The van der Waals surface area contributed by atoms with Gasteiger partial charge in [0.15, 0.2) is 5.96 Å². The molecule has 0 radical (unpaired) electrons. The van der Waals surface area contributed by atoms with E-state index >= 15 is 0 Å². The third-order valence-electron chi connectivity index (χ3n) is 4.98. The fourth-order valence-electron chi connectivity index (χ4n) is 3.34. The molecule has 0 spiro atoms. The number of aliphatic imine (C=N–C) groups is 1. The van der Waals surface area contributed by atoms with E-state index in [1.807, 2.05) is 12.1 Å². The maximum Gasteiger partial charge on any atom is 0.191 e. The maximum absolute atomic E-state index is 4.77. The van der Waals surface area contributed by atoms with E-state index in [9.17, 15) is 0 Å². The highest BCUT2D eigenvalue weighted by Gasteiger charge is 2.21. The summed E-state index contributed by atoms with van der Waals surface area (Å²) in [6.07, 6.45) is 5.56. The van der Waals surface area contributed by atoms with Crippen molar-refractivity contribution in [2.24, 2.45) is 4.99 Å². The number of aromatic nitrogens is 3. The molecule has 1 aliphatic rings. The van der Waals surface area contributed by atoms with Crippen LogP contribution in [0.3, 0.4) is 0 Å². The van der Waals surface area contributed by atoms with Gasteiger partial charge in [-0.3, -0.25) is 0 Å². The van der Waals surface area contributed by atoms with Gasteiger partial charge in [0.25, 0.3) is 0 Å². The zero-order chi connectivity index (χ0) is 19.1. The molecule has 28 heavy (non-hydrogen) atoms. The minimum atomic E-state index is 0. The molecule has 7 nitrogen and oxygen atoms in total. The van der Waals surface area contributed by atoms with E-state index < -0.39 is 0 Å². The van der Waals surface area contributed by atoms with Gasteiger partial charge >= 0.3 is 0 Å². The Morgan fingerprint density at radius 2 is 1.93 bits per heavy atom. The molecule has 2 N–H and O–H groups in total. The van der Waals surface area contributed by atoms with Crippen molar-refractivity contribution in [1.29, 1.82) is 0 Å². The SMILES string of the molecule is CCNC(=NCc1ccc(-n2cncn2)cc1)NC1CCN(C(C)C)CC1.I. The average molecular weight is 497 g/mol. The van der Waals surface area contributed by atoms with E-state index in [-0.39, 0.29) is 24.0 Å². The number of hydrogen-bond acceptors (Lipinski definition) is 4. The molecule has 2 aromatic rings. The molecule has 0 saturated carbocycles. The predicted molar refractivity (Wildman–Crippen MR) is 124 cm³/mol. The molecule has 1 aromatic heterocycles. The highest BCUT2D eigenvalue weighted by molar-refractivity contribution is 14.0. The Labute approximate surface area is 185 Å². The van der Waals surface area contributed by atoms with Gasteiger partial charge in [-0.2, -0.15) is 5.10 Å². The number of guanidine groups is 1. The third-order valence-corrected chi connectivity index (χ3v) is 4.98. The fourth-order valence-corrected chi connectivity index (χ4v) is 3.34. The normalized spacial score (nSPS) is 16.1. The van der Waals surface area contributed by atoms with E-state index in [1.165, 1.54) is 11.9 Å². The molecule has 1 saturated heterocycles. The first kappa shape index (κ1) is 22.6. The molecular weight excluding hydrogens is 465 g/mol. The Morgan fingerprint density at radius 3 is 2.50 bits per heavy atom. The van der Waals surface area contributed by atoms with Gasteiger partial charge in [-0.1, -0.05) is 12.1 Å². The quantitative estimate of drug-likeness (QED) is 0.365. The van der Waals surface area contributed by atoms with Crippen LogP contribution in [-0.2, 0) is 6.54 Å². The highest BCUT2D eigenvalue weighted by atomic mass is 127. The molecular formula is C20H32IN7. The summed E-state index contributed by atoms with van der Waals surface area (Å²) in [4.78, 5) is 11.3. The van der Waals surface area contributed by atoms with E-state index in [2.05, 4.69) is 58.5 Å². The van der Waals surface area contributed by atoms with Crippen molar-refractivity contribution in [2.45, 2.75) is 52.2 Å². The molecule has 0 atom stereocenters. The maximum atomic E-state index is 4.77. The first-order valence-electron chi connectivity index (χ1n) is 9.88. The minimum absolute atomic E-state index is 0. The topological polar surface area (TPSA) is 70.4 Å². The van der Waals surface area contributed by atoms with Crippen molar-refractivity contribution < 1.29 is 0 Å². The van der Waals surface area contributed by atoms with Crippen LogP contribution in [0, 0.1) is 0 Å². The summed E-state index contributed by atoms with van der Waals surface area (Å²) in [5, 5.41) is 11.1. The molecule has 1 aliphatic heterocycles. The smallest absolute Gasteiger partial charge is 0.191 e. The summed E-state index contributed by atoms with van der Waals surface area (Å²) >= 11 is 0. The molecule has 1 fully saturated rings. The second-order valence-electron chi connectivity index (χ2n) is 7.25. The lowest BCUT2D eigenvalue weighted by atomic mass is 10.0. The highest BCUT2D eigenvalue weighted by Crippen LogP contribution is 2.13. The Bertz CT molecular complexity index is 705. The van der Waals surface area contributed by atoms with Crippen LogP contribution in [-0.4, -0.2) is 57.3 Å². The van der Waals surface area contributed by atoms with Crippen molar-refractivity contribution in [1.82, 2.24) is 30.3 Å². The molecule has 154 valence electrons. The second-order valence-corrected chi connectivity index (χ2v) is 7.25. The largest absolute Gasteiger partial charge is 0.357 e. The average Bonchev–Trinajstić information content (AvgIpc) is 3.22. The van der Waals surface area contributed by atoms with Gasteiger partial charge in [0, 0.05) is 31.7 Å². The number of piperidine rings is 1. The van der Waals surface area contributed by atoms with Crippen molar-refractivity contribution in [2.75, 3.05) is 19.6 Å². The van der Waals surface area contributed by atoms with E-state index in [1.54, 1.807) is 11.0 Å². The second kappa shape index (κ2) is 11.4. The molecule has 0 bridgehead atoms.